The molecule has 0 spiro atoms. The Morgan fingerprint density at radius 3 is 2.23 bits per heavy atom. The van der Waals surface area contributed by atoms with Gasteiger partial charge in [0, 0.05) is 50.0 Å². The number of furan rings is 1. The van der Waals surface area contributed by atoms with Crippen LogP contribution in [0.25, 0.3) is 55.7 Å². The van der Waals surface area contributed by atoms with Crippen LogP contribution in [0.3, 0.4) is 0 Å². The summed E-state index contributed by atoms with van der Waals surface area (Å²) >= 11 is 0. The number of nitrogens with zero attached hydrogens (tertiary/aromatic N) is 3. The van der Waals surface area contributed by atoms with Gasteiger partial charge in [-0.05, 0) is 58.8 Å². The SMILES string of the molecule is Cc1c[c-]c(-c2cc(-c3ccccc3)c(C)cn2)cc1.[Ir].[c-]1ccc2c(oc3nc(Cc4ccccc4)ccc32)c1-c1ccccn1. The third kappa shape index (κ3) is 7.12. The van der Waals surface area contributed by atoms with Crippen LogP contribution in [-0.4, -0.2) is 15.0 Å². The molecule has 4 aromatic heterocycles. The summed E-state index contributed by atoms with van der Waals surface area (Å²) in [6, 6.07) is 49.5. The summed E-state index contributed by atoms with van der Waals surface area (Å²) in [4.78, 5) is 13.7. The third-order valence-corrected chi connectivity index (χ3v) is 7.94. The smallest absolute Gasteiger partial charge is 0.216 e. The molecule has 1 radical (unpaired) electrons. The zero-order chi connectivity index (χ0) is 31.3. The van der Waals surface area contributed by atoms with Crippen molar-refractivity contribution in [2.24, 2.45) is 0 Å². The van der Waals surface area contributed by atoms with E-state index < -0.39 is 0 Å². The van der Waals surface area contributed by atoms with Crippen molar-refractivity contribution in [2.75, 3.05) is 0 Å². The fourth-order valence-corrected chi connectivity index (χ4v) is 5.53. The number of fused-ring (bicyclic) bond motifs is 3. The predicted octanol–water partition coefficient (Wildman–Crippen LogP) is 10.3. The minimum Gasteiger partial charge on any atom is -0.486 e. The Bertz CT molecular complexity index is 2230. The first-order valence-electron chi connectivity index (χ1n) is 15.3. The number of hydrogen-bond donors (Lipinski definition) is 0. The summed E-state index contributed by atoms with van der Waals surface area (Å²) in [5, 5.41) is 2.06. The van der Waals surface area contributed by atoms with Crippen molar-refractivity contribution in [1.29, 1.82) is 0 Å². The molecular weight excluding hydrogens is 755 g/mol. The van der Waals surface area contributed by atoms with E-state index in [9.17, 15) is 0 Å². The third-order valence-electron chi connectivity index (χ3n) is 7.94. The van der Waals surface area contributed by atoms with Crippen molar-refractivity contribution < 1.29 is 24.5 Å². The first kappa shape index (κ1) is 31.7. The maximum absolute atomic E-state index is 6.13. The summed E-state index contributed by atoms with van der Waals surface area (Å²) < 4.78 is 6.13. The first-order valence-corrected chi connectivity index (χ1v) is 15.3. The molecule has 5 heteroatoms. The molecule has 0 unspecified atom stereocenters. The van der Waals surface area contributed by atoms with E-state index >= 15 is 0 Å². The van der Waals surface area contributed by atoms with Gasteiger partial charge >= 0.3 is 0 Å². The molecule has 4 aromatic carbocycles. The monoisotopic (exact) mass is 786 g/mol. The largest absolute Gasteiger partial charge is 0.486 e. The van der Waals surface area contributed by atoms with E-state index in [0.717, 1.165) is 51.0 Å². The van der Waals surface area contributed by atoms with Gasteiger partial charge in [0.05, 0.1) is 5.58 Å². The van der Waals surface area contributed by atoms with E-state index in [0.29, 0.717) is 5.71 Å². The molecule has 0 atom stereocenters. The average Bonchev–Trinajstić information content (AvgIpc) is 3.48. The molecule has 0 amide bonds. The van der Waals surface area contributed by atoms with Gasteiger partial charge in [0.1, 0.15) is 0 Å². The summed E-state index contributed by atoms with van der Waals surface area (Å²) in [6.45, 7) is 4.16. The topological polar surface area (TPSA) is 51.8 Å². The first-order chi connectivity index (χ1) is 22.6. The quantitative estimate of drug-likeness (QED) is 0.163. The number of pyridine rings is 3. The van der Waals surface area contributed by atoms with Crippen molar-refractivity contribution >= 4 is 22.1 Å². The fraction of sp³-hybridized carbons (Fsp3) is 0.0714. The Balaban J connectivity index is 0.000000167. The number of hydrogen-bond acceptors (Lipinski definition) is 4. The number of rotatable bonds is 5. The van der Waals surface area contributed by atoms with E-state index in [-0.39, 0.29) is 20.1 Å². The molecule has 0 bridgehead atoms. The molecule has 4 nitrogen and oxygen atoms in total. The van der Waals surface area contributed by atoms with Crippen LogP contribution in [0.15, 0.2) is 144 Å². The summed E-state index contributed by atoms with van der Waals surface area (Å²) in [6.07, 6.45) is 4.50. The molecule has 47 heavy (non-hydrogen) atoms. The van der Waals surface area contributed by atoms with Gasteiger partial charge in [-0.25, -0.2) is 4.98 Å². The number of benzene rings is 4. The zero-order valence-corrected chi connectivity index (χ0v) is 28.5. The Kier molecular flexibility index (Phi) is 9.77. The molecule has 8 rings (SSSR count). The van der Waals surface area contributed by atoms with Gasteiger partial charge in [0.2, 0.25) is 5.71 Å². The molecule has 4 heterocycles. The average molecular weight is 786 g/mol. The Morgan fingerprint density at radius 2 is 1.49 bits per heavy atom. The minimum atomic E-state index is 0. The normalized spacial score (nSPS) is 10.7. The van der Waals surface area contributed by atoms with Crippen LogP contribution in [0.4, 0.5) is 0 Å². The van der Waals surface area contributed by atoms with Crippen molar-refractivity contribution in [1.82, 2.24) is 15.0 Å². The molecule has 0 saturated heterocycles. The van der Waals surface area contributed by atoms with Crippen LogP contribution >= 0.6 is 0 Å². The Labute approximate surface area is 288 Å². The second-order valence-electron chi connectivity index (χ2n) is 11.3. The van der Waals surface area contributed by atoms with Gasteiger partial charge < -0.3 is 14.4 Å². The van der Waals surface area contributed by atoms with Crippen molar-refractivity contribution in [3.8, 4) is 33.6 Å². The van der Waals surface area contributed by atoms with Gasteiger partial charge in [-0.1, -0.05) is 96.7 Å². The molecule has 0 aliphatic rings. The van der Waals surface area contributed by atoms with Crippen molar-refractivity contribution in [2.45, 2.75) is 20.3 Å². The summed E-state index contributed by atoms with van der Waals surface area (Å²) in [5.41, 5.74) is 12.2. The van der Waals surface area contributed by atoms with Crippen LogP contribution < -0.4 is 0 Å². The maximum atomic E-state index is 6.13. The van der Waals surface area contributed by atoms with E-state index in [1.54, 1.807) is 6.20 Å². The van der Waals surface area contributed by atoms with Crippen molar-refractivity contribution in [3.63, 3.8) is 0 Å². The Morgan fingerprint density at radius 1 is 0.702 bits per heavy atom. The zero-order valence-electron chi connectivity index (χ0n) is 26.1. The maximum Gasteiger partial charge on any atom is 0.216 e. The minimum absolute atomic E-state index is 0. The number of aryl methyl sites for hydroxylation is 2. The second kappa shape index (κ2) is 14.5. The standard InChI is InChI=1S/C23H15N2O.C19H16N.Ir/c1-2-7-16(8-3-1)15-17-12-13-19-18-9-6-10-20(21-11-4-5-14-24-21)22(18)26-23(19)25-17;1-14-8-10-17(11-9-14)19-12-18(15(2)13-20-19)16-6-4-3-5-7-16;/h1-9,11-14H,15H2;3-10,12-13H,1-2H3;/q2*-1;. The summed E-state index contributed by atoms with van der Waals surface area (Å²) in [5.74, 6) is 0. The molecule has 0 aliphatic carbocycles. The molecule has 0 aliphatic heterocycles. The van der Waals surface area contributed by atoms with Gasteiger partial charge in [0.15, 0.2) is 0 Å². The van der Waals surface area contributed by atoms with Crippen LogP contribution in [0.2, 0.25) is 0 Å². The second-order valence-corrected chi connectivity index (χ2v) is 11.3. The number of aromatic nitrogens is 3. The molecule has 8 aromatic rings. The fourth-order valence-electron chi connectivity index (χ4n) is 5.53. The summed E-state index contributed by atoms with van der Waals surface area (Å²) in [7, 11) is 0. The van der Waals surface area contributed by atoms with E-state index in [4.69, 9.17) is 9.40 Å². The van der Waals surface area contributed by atoms with E-state index in [1.807, 2.05) is 66.9 Å². The van der Waals surface area contributed by atoms with Crippen LogP contribution in [0, 0.1) is 26.0 Å². The molecular formula is C42H31IrN3O-2. The molecule has 0 saturated carbocycles. The van der Waals surface area contributed by atoms with E-state index in [1.165, 1.54) is 27.8 Å². The van der Waals surface area contributed by atoms with Gasteiger partial charge in [-0.2, -0.15) is 0 Å². The van der Waals surface area contributed by atoms with Crippen LogP contribution in [0.1, 0.15) is 22.4 Å². The Hall–Kier alpha value is -5.22. The van der Waals surface area contributed by atoms with Crippen LogP contribution in [0.5, 0.6) is 0 Å². The van der Waals surface area contributed by atoms with Gasteiger partial charge in [-0.3, -0.25) is 0 Å². The van der Waals surface area contributed by atoms with Gasteiger partial charge in [0.25, 0.3) is 0 Å². The molecule has 0 N–H and O–H groups in total. The molecule has 0 fully saturated rings. The molecule has 231 valence electrons. The predicted molar refractivity (Wildman–Crippen MR) is 186 cm³/mol. The van der Waals surface area contributed by atoms with Crippen LogP contribution in [-0.2, 0) is 26.5 Å². The van der Waals surface area contributed by atoms with Gasteiger partial charge in [-0.15, -0.1) is 53.6 Å². The van der Waals surface area contributed by atoms with Crippen molar-refractivity contribution in [3.05, 3.63) is 174 Å². The van der Waals surface area contributed by atoms with E-state index in [2.05, 4.69) is 103 Å².